The zero-order chi connectivity index (χ0) is 6.62. The van der Waals surface area contributed by atoms with Crippen molar-refractivity contribution in [2.75, 3.05) is 6.61 Å². The molecule has 0 bridgehead atoms. The van der Waals surface area contributed by atoms with Gasteiger partial charge in [-0.05, 0) is 6.92 Å². The van der Waals surface area contributed by atoms with Gasteiger partial charge in [0.15, 0.2) is 0 Å². The first kappa shape index (κ1) is 12.1. The molecule has 0 fully saturated rings. The molecule has 0 aromatic heterocycles. The molecule has 0 spiro atoms. The van der Waals surface area contributed by atoms with Crippen molar-refractivity contribution in [3.8, 4) is 0 Å². The Kier molecular flexibility index (Phi) is 6.92. The summed E-state index contributed by atoms with van der Waals surface area (Å²) in [5.41, 5.74) is 0. The SMILES string of the molecule is CCOOS(=O)(=O)O.[Cu]. The monoisotopic (exact) mass is 205 g/mol. The van der Waals surface area contributed by atoms with Crippen molar-refractivity contribution in [3.05, 3.63) is 0 Å². The van der Waals surface area contributed by atoms with E-state index in [0.29, 0.717) is 0 Å². The van der Waals surface area contributed by atoms with Crippen molar-refractivity contribution < 1.29 is 39.3 Å². The zero-order valence-corrected chi connectivity index (χ0v) is 6.26. The Morgan fingerprint density at radius 1 is 1.56 bits per heavy atom. The summed E-state index contributed by atoms with van der Waals surface area (Å²) >= 11 is 0. The largest absolute Gasteiger partial charge is 0.424 e. The average molecular weight is 206 g/mol. The van der Waals surface area contributed by atoms with Crippen LogP contribution in [0.4, 0.5) is 0 Å². The van der Waals surface area contributed by atoms with E-state index in [-0.39, 0.29) is 23.7 Å². The third kappa shape index (κ3) is 11.8. The summed E-state index contributed by atoms with van der Waals surface area (Å²) in [7, 11) is -4.41. The molecule has 0 saturated heterocycles. The molecule has 0 heterocycles. The topological polar surface area (TPSA) is 72.8 Å². The van der Waals surface area contributed by atoms with Crippen molar-refractivity contribution in [1.82, 2.24) is 0 Å². The fourth-order valence-electron chi connectivity index (χ4n) is 0.109. The maximum absolute atomic E-state index is 9.60. The predicted molar refractivity (Wildman–Crippen MR) is 24.3 cm³/mol. The van der Waals surface area contributed by atoms with Crippen LogP contribution >= 0.6 is 0 Å². The van der Waals surface area contributed by atoms with E-state index in [1.165, 1.54) is 6.92 Å². The van der Waals surface area contributed by atoms with E-state index in [1.54, 1.807) is 0 Å². The van der Waals surface area contributed by atoms with Crippen LogP contribution in [0, 0.1) is 0 Å². The average Bonchev–Trinajstić information content (AvgIpc) is 1.59. The first-order valence-electron chi connectivity index (χ1n) is 1.85. The van der Waals surface area contributed by atoms with Crippen molar-refractivity contribution in [2.45, 2.75) is 6.92 Å². The van der Waals surface area contributed by atoms with E-state index in [2.05, 4.69) is 9.22 Å². The first-order chi connectivity index (χ1) is 3.56. The molecule has 5 nitrogen and oxygen atoms in total. The van der Waals surface area contributed by atoms with E-state index in [0.717, 1.165) is 0 Å². The van der Waals surface area contributed by atoms with Gasteiger partial charge < -0.3 is 0 Å². The molecular weight excluding hydrogens is 200 g/mol. The molecule has 0 aromatic carbocycles. The number of rotatable bonds is 3. The van der Waals surface area contributed by atoms with Crippen LogP contribution < -0.4 is 0 Å². The van der Waals surface area contributed by atoms with Crippen LogP contribution in [0.2, 0.25) is 0 Å². The van der Waals surface area contributed by atoms with Crippen LogP contribution in [0.25, 0.3) is 0 Å². The fraction of sp³-hybridized carbons (Fsp3) is 1.00. The zero-order valence-electron chi connectivity index (χ0n) is 4.50. The van der Waals surface area contributed by atoms with Gasteiger partial charge in [0.2, 0.25) is 0 Å². The Morgan fingerprint density at radius 2 is 2.00 bits per heavy atom. The molecule has 9 heavy (non-hydrogen) atoms. The molecule has 0 amide bonds. The Labute approximate surface area is 63.7 Å². The van der Waals surface area contributed by atoms with Gasteiger partial charge in [-0.25, -0.2) is 4.89 Å². The molecule has 61 valence electrons. The Balaban J connectivity index is 0. The van der Waals surface area contributed by atoms with E-state index < -0.39 is 10.4 Å². The summed E-state index contributed by atoms with van der Waals surface area (Å²) in [6.45, 7) is 1.59. The quantitative estimate of drug-likeness (QED) is 0.298. The molecule has 7 heteroatoms. The summed E-state index contributed by atoms with van der Waals surface area (Å²) in [5, 5.41) is 0. The summed E-state index contributed by atoms with van der Waals surface area (Å²) in [6, 6.07) is 0. The van der Waals surface area contributed by atoms with Gasteiger partial charge in [0.1, 0.15) is 0 Å². The van der Waals surface area contributed by atoms with Gasteiger partial charge in [0.05, 0.1) is 6.61 Å². The van der Waals surface area contributed by atoms with Gasteiger partial charge in [-0.2, -0.15) is 8.42 Å². The van der Waals surface area contributed by atoms with Crippen LogP contribution in [0.1, 0.15) is 6.92 Å². The minimum Gasteiger partial charge on any atom is -0.262 e. The maximum Gasteiger partial charge on any atom is 0.424 e. The maximum atomic E-state index is 9.60. The van der Waals surface area contributed by atoms with Crippen LogP contribution in [-0.2, 0) is 36.7 Å². The predicted octanol–water partition coefficient (Wildman–Crippen LogP) is -0.245. The number of hydrogen-bond donors (Lipinski definition) is 1. The molecule has 1 N–H and O–H groups in total. The molecule has 0 aromatic rings. The second kappa shape index (κ2) is 5.16. The van der Waals surface area contributed by atoms with Gasteiger partial charge in [-0.3, -0.25) is 4.55 Å². The van der Waals surface area contributed by atoms with Crippen molar-refractivity contribution in [3.63, 3.8) is 0 Å². The molecule has 0 aliphatic rings. The van der Waals surface area contributed by atoms with Crippen LogP contribution in [-0.4, -0.2) is 19.6 Å². The molecule has 0 saturated carbocycles. The Bertz CT molecular complexity index is 139. The second-order valence-corrected chi connectivity index (χ2v) is 1.89. The van der Waals surface area contributed by atoms with Crippen LogP contribution in [0.15, 0.2) is 0 Å². The molecule has 0 unspecified atom stereocenters. The molecule has 0 atom stereocenters. The van der Waals surface area contributed by atoms with Crippen molar-refractivity contribution in [2.24, 2.45) is 0 Å². The van der Waals surface area contributed by atoms with Crippen molar-refractivity contribution >= 4 is 10.4 Å². The number of hydrogen-bond acceptors (Lipinski definition) is 4. The summed E-state index contributed by atoms with van der Waals surface area (Å²) < 4.78 is 30.4. The molecular formula is C2H6CuO5S. The van der Waals surface area contributed by atoms with E-state index in [9.17, 15) is 8.42 Å². The minimum absolute atomic E-state index is 0. The van der Waals surface area contributed by atoms with Crippen molar-refractivity contribution in [1.29, 1.82) is 0 Å². The van der Waals surface area contributed by atoms with E-state index in [1.807, 2.05) is 0 Å². The summed E-state index contributed by atoms with van der Waals surface area (Å²) in [6.07, 6.45) is 0. The van der Waals surface area contributed by atoms with Gasteiger partial charge in [0, 0.05) is 17.1 Å². The summed E-state index contributed by atoms with van der Waals surface area (Å²) in [5.74, 6) is 0. The standard InChI is InChI=1S/C2H6O5S.Cu/c1-2-6-7-8(3,4)5;/h2H2,1H3,(H,3,4,5);. The third-order valence-electron chi connectivity index (χ3n) is 0.252. The normalized spacial score (nSPS) is 10.4. The fourth-order valence-corrected chi connectivity index (χ4v) is 0.327. The van der Waals surface area contributed by atoms with Gasteiger partial charge in [-0.1, -0.05) is 4.33 Å². The van der Waals surface area contributed by atoms with E-state index >= 15 is 0 Å². The van der Waals surface area contributed by atoms with Gasteiger partial charge in [-0.15, -0.1) is 0 Å². The minimum atomic E-state index is -4.41. The molecule has 1 radical (unpaired) electrons. The molecule has 0 aliphatic heterocycles. The molecule has 0 rings (SSSR count). The second-order valence-electron chi connectivity index (χ2n) is 0.902. The van der Waals surface area contributed by atoms with Gasteiger partial charge >= 0.3 is 10.4 Å². The molecule has 0 aliphatic carbocycles. The Morgan fingerprint density at radius 3 is 2.11 bits per heavy atom. The first-order valence-corrected chi connectivity index (χ1v) is 3.21. The Hall–Kier alpha value is 0.349. The van der Waals surface area contributed by atoms with Crippen LogP contribution in [0.3, 0.4) is 0 Å². The van der Waals surface area contributed by atoms with Crippen LogP contribution in [0.5, 0.6) is 0 Å². The van der Waals surface area contributed by atoms with E-state index in [4.69, 9.17) is 4.55 Å². The smallest absolute Gasteiger partial charge is 0.262 e. The van der Waals surface area contributed by atoms with Gasteiger partial charge in [0.25, 0.3) is 0 Å². The summed E-state index contributed by atoms with van der Waals surface area (Å²) in [4.78, 5) is 3.86. The third-order valence-corrected chi connectivity index (χ3v) is 0.520.